The van der Waals surface area contributed by atoms with Crippen molar-refractivity contribution in [1.29, 1.82) is 0 Å². The fourth-order valence-electron chi connectivity index (χ4n) is 2.50. The number of nitrogens with zero attached hydrogens (tertiary/aromatic N) is 1. The second-order valence-electron chi connectivity index (χ2n) is 5.49. The highest BCUT2D eigenvalue weighted by molar-refractivity contribution is 7.13. The Bertz CT molecular complexity index is 878. The largest absolute Gasteiger partial charge is 0.493 e. The fourth-order valence-corrected chi connectivity index (χ4v) is 3.27. The molecule has 2 aromatic heterocycles. The highest BCUT2D eigenvalue weighted by atomic mass is 32.1. The first kappa shape index (κ1) is 18.8. The predicted octanol–water partition coefficient (Wildman–Crippen LogP) is 3.71. The molecule has 0 aliphatic carbocycles. The third-order valence-corrected chi connectivity index (χ3v) is 4.64. The van der Waals surface area contributed by atoms with Gasteiger partial charge in [-0.1, -0.05) is 0 Å². The number of carbonyl (C=O) groups is 1. The summed E-state index contributed by atoms with van der Waals surface area (Å²) >= 11 is 1.43. The van der Waals surface area contributed by atoms with Gasteiger partial charge >= 0.3 is 5.97 Å². The molecule has 0 aliphatic heterocycles. The van der Waals surface area contributed by atoms with Gasteiger partial charge in [0.15, 0.2) is 22.3 Å². The summed E-state index contributed by atoms with van der Waals surface area (Å²) in [5, 5.41) is 2.58. The monoisotopic (exact) mass is 389 g/mol. The lowest BCUT2D eigenvalue weighted by atomic mass is 10.1. The molecule has 0 amide bonds. The quantitative estimate of drug-likeness (QED) is 0.543. The number of ether oxygens (including phenoxy) is 4. The summed E-state index contributed by atoms with van der Waals surface area (Å²) in [6.45, 7) is 0.0977. The maximum Gasteiger partial charge on any atom is 0.310 e. The van der Waals surface area contributed by atoms with Crippen molar-refractivity contribution in [3.05, 3.63) is 47.2 Å². The van der Waals surface area contributed by atoms with Gasteiger partial charge in [-0.3, -0.25) is 4.79 Å². The molecule has 0 bridgehead atoms. The summed E-state index contributed by atoms with van der Waals surface area (Å²) < 4.78 is 26.5. The first-order valence-electron chi connectivity index (χ1n) is 8.07. The molecule has 0 unspecified atom stereocenters. The molecule has 1 aromatic carbocycles. The summed E-state index contributed by atoms with van der Waals surface area (Å²) in [6.07, 6.45) is 1.67. The van der Waals surface area contributed by atoms with E-state index >= 15 is 0 Å². The van der Waals surface area contributed by atoms with Crippen LogP contribution in [0.2, 0.25) is 0 Å². The number of rotatable bonds is 8. The Morgan fingerprint density at radius 3 is 2.48 bits per heavy atom. The number of hydrogen-bond acceptors (Lipinski definition) is 8. The zero-order valence-corrected chi connectivity index (χ0v) is 16.0. The molecule has 3 aromatic rings. The molecule has 0 N–H and O–H groups in total. The second kappa shape index (κ2) is 8.59. The van der Waals surface area contributed by atoms with Gasteiger partial charge in [0.25, 0.3) is 0 Å². The Kier molecular flexibility index (Phi) is 5.97. The number of hydrogen-bond donors (Lipinski definition) is 0. The summed E-state index contributed by atoms with van der Waals surface area (Å²) in [6, 6.07) is 7.08. The van der Waals surface area contributed by atoms with Crippen LogP contribution in [0.25, 0.3) is 10.8 Å². The number of thiazole rings is 1. The normalized spacial score (nSPS) is 10.5. The molecule has 0 spiro atoms. The van der Waals surface area contributed by atoms with Gasteiger partial charge in [-0.25, -0.2) is 4.98 Å². The van der Waals surface area contributed by atoms with E-state index in [1.807, 2.05) is 11.4 Å². The van der Waals surface area contributed by atoms with Crippen LogP contribution >= 0.6 is 11.3 Å². The van der Waals surface area contributed by atoms with Crippen molar-refractivity contribution in [2.24, 2.45) is 0 Å². The zero-order valence-electron chi connectivity index (χ0n) is 15.2. The van der Waals surface area contributed by atoms with E-state index in [1.54, 1.807) is 24.5 Å². The van der Waals surface area contributed by atoms with Crippen molar-refractivity contribution in [2.75, 3.05) is 21.3 Å². The van der Waals surface area contributed by atoms with Crippen LogP contribution in [-0.2, 0) is 22.6 Å². The molecule has 7 nitrogen and oxygen atoms in total. The minimum atomic E-state index is -0.378. The van der Waals surface area contributed by atoms with E-state index in [0.29, 0.717) is 34.3 Å². The zero-order chi connectivity index (χ0) is 19.2. The summed E-state index contributed by atoms with van der Waals surface area (Å²) in [5.41, 5.74) is 1.37. The van der Waals surface area contributed by atoms with E-state index in [2.05, 4.69) is 4.98 Å². The Hall–Kier alpha value is -3.00. The minimum Gasteiger partial charge on any atom is -0.493 e. The molecule has 0 aliphatic rings. The molecule has 27 heavy (non-hydrogen) atoms. The van der Waals surface area contributed by atoms with Crippen LogP contribution in [0, 0.1) is 0 Å². The third kappa shape index (κ3) is 4.40. The van der Waals surface area contributed by atoms with Gasteiger partial charge in [-0.15, -0.1) is 11.3 Å². The van der Waals surface area contributed by atoms with Crippen molar-refractivity contribution >= 4 is 17.3 Å². The molecule has 0 atom stereocenters. The van der Waals surface area contributed by atoms with Crippen LogP contribution in [0.5, 0.6) is 17.2 Å². The number of methoxy groups -OCH3 is 3. The van der Waals surface area contributed by atoms with Gasteiger partial charge in [0.05, 0.1) is 39.7 Å². The van der Waals surface area contributed by atoms with E-state index in [0.717, 1.165) is 5.01 Å². The van der Waals surface area contributed by atoms with Crippen molar-refractivity contribution in [2.45, 2.75) is 13.0 Å². The lowest BCUT2D eigenvalue weighted by Gasteiger charge is -2.13. The van der Waals surface area contributed by atoms with Gasteiger partial charge in [-0.05, 0) is 29.8 Å². The Balaban J connectivity index is 1.62. The predicted molar refractivity (Wildman–Crippen MR) is 99.4 cm³/mol. The minimum absolute atomic E-state index is 0.0753. The summed E-state index contributed by atoms with van der Waals surface area (Å²) in [5.74, 6) is 1.77. The van der Waals surface area contributed by atoms with E-state index < -0.39 is 0 Å². The van der Waals surface area contributed by atoms with Gasteiger partial charge in [0.1, 0.15) is 6.61 Å². The van der Waals surface area contributed by atoms with Crippen LogP contribution in [-0.4, -0.2) is 32.3 Å². The van der Waals surface area contributed by atoms with Gasteiger partial charge in [-0.2, -0.15) is 0 Å². The van der Waals surface area contributed by atoms with Crippen LogP contribution in [0.4, 0.5) is 0 Å². The molecular weight excluding hydrogens is 370 g/mol. The second-order valence-corrected chi connectivity index (χ2v) is 6.35. The Labute approximate surface area is 160 Å². The van der Waals surface area contributed by atoms with E-state index in [1.165, 1.54) is 32.7 Å². The van der Waals surface area contributed by atoms with Crippen molar-refractivity contribution in [3.8, 4) is 28.0 Å². The molecule has 0 fully saturated rings. The molecule has 3 rings (SSSR count). The molecule has 2 heterocycles. The SMILES string of the molecule is COc1cc(CC(=O)OCc2csc(-c3ccco3)n2)cc(OC)c1OC. The molecule has 142 valence electrons. The van der Waals surface area contributed by atoms with Gasteiger partial charge < -0.3 is 23.4 Å². The molecular formula is C19H19NO6S. The van der Waals surface area contributed by atoms with Crippen molar-refractivity contribution < 1.29 is 28.2 Å². The van der Waals surface area contributed by atoms with Gasteiger partial charge in [0.2, 0.25) is 5.75 Å². The number of carbonyl (C=O) groups excluding carboxylic acids is 1. The number of esters is 1. The standard InChI is InChI=1S/C19H19NO6S/c1-22-15-7-12(8-16(23-2)18(15)24-3)9-17(21)26-10-13-11-27-19(20-13)14-5-4-6-25-14/h4-8,11H,9-10H2,1-3H3. The molecule has 0 saturated heterocycles. The average Bonchev–Trinajstić information content (AvgIpc) is 3.37. The van der Waals surface area contributed by atoms with Crippen molar-refractivity contribution in [1.82, 2.24) is 4.98 Å². The number of benzene rings is 1. The first-order valence-corrected chi connectivity index (χ1v) is 8.95. The maximum absolute atomic E-state index is 12.2. The molecule has 0 radical (unpaired) electrons. The topological polar surface area (TPSA) is 80.0 Å². The third-order valence-electron chi connectivity index (χ3n) is 3.74. The van der Waals surface area contributed by atoms with Crippen LogP contribution < -0.4 is 14.2 Å². The average molecular weight is 389 g/mol. The molecule has 8 heteroatoms. The Morgan fingerprint density at radius 1 is 1.15 bits per heavy atom. The van der Waals surface area contributed by atoms with E-state index in [9.17, 15) is 4.79 Å². The van der Waals surface area contributed by atoms with Crippen LogP contribution in [0.1, 0.15) is 11.3 Å². The lowest BCUT2D eigenvalue weighted by Crippen LogP contribution is -2.09. The maximum atomic E-state index is 12.2. The van der Waals surface area contributed by atoms with Crippen LogP contribution in [0.3, 0.4) is 0 Å². The van der Waals surface area contributed by atoms with Crippen molar-refractivity contribution in [3.63, 3.8) is 0 Å². The van der Waals surface area contributed by atoms with Crippen LogP contribution in [0.15, 0.2) is 40.3 Å². The highest BCUT2D eigenvalue weighted by Gasteiger charge is 2.16. The summed E-state index contributed by atoms with van der Waals surface area (Å²) in [7, 11) is 4.58. The van der Waals surface area contributed by atoms with Gasteiger partial charge in [0, 0.05) is 5.38 Å². The summed E-state index contributed by atoms with van der Waals surface area (Å²) in [4.78, 5) is 16.6. The van der Waals surface area contributed by atoms with E-state index in [4.69, 9.17) is 23.4 Å². The smallest absolute Gasteiger partial charge is 0.310 e. The number of aromatic nitrogens is 1. The fraction of sp³-hybridized carbons (Fsp3) is 0.263. The van der Waals surface area contributed by atoms with E-state index in [-0.39, 0.29) is 19.0 Å². The Morgan fingerprint density at radius 2 is 1.89 bits per heavy atom. The highest BCUT2D eigenvalue weighted by Crippen LogP contribution is 2.38. The number of furan rings is 1. The molecule has 0 saturated carbocycles. The first-order chi connectivity index (χ1) is 13.1. The lowest BCUT2D eigenvalue weighted by molar-refractivity contribution is -0.144.